The molecule has 0 amide bonds. The molecule has 0 aliphatic carbocycles. The van der Waals surface area contributed by atoms with E-state index >= 15 is 0 Å². The van der Waals surface area contributed by atoms with Crippen LogP contribution in [-0.4, -0.2) is 31.1 Å². The van der Waals surface area contributed by atoms with Crippen molar-refractivity contribution in [2.45, 2.75) is 20.3 Å². The van der Waals surface area contributed by atoms with Crippen molar-refractivity contribution in [2.24, 2.45) is 0 Å². The summed E-state index contributed by atoms with van der Waals surface area (Å²) >= 11 is 6.05. The normalized spacial score (nSPS) is 10.8. The zero-order chi connectivity index (χ0) is 11.8. The van der Waals surface area contributed by atoms with Gasteiger partial charge in [-0.3, -0.25) is 0 Å². The Morgan fingerprint density at radius 2 is 1.88 bits per heavy atom. The molecule has 0 aliphatic heterocycles. The minimum absolute atomic E-state index is 0.797. The standard InChI is InChI=1S/C13H21ClN2/c1-3-16(4-2)11-7-10-15-13-9-6-5-8-12(13)14/h5-6,8-9,15H,3-4,7,10-11H2,1-2H3. The highest BCUT2D eigenvalue weighted by Crippen LogP contribution is 2.19. The van der Waals surface area contributed by atoms with Crippen molar-refractivity contribution in [1.82, 2.24) is 4.90 Å². The third-order valence-electron chi connectivity index (χ3n) is 2.73. The van der Waals surface area contributed by atoms with Gasteiger partial charge in [-0.2, -0.15) is 0 Å². The molecule has 0 spiro atoms. The van der Waals surface area contributed by atoms with Gasteiger partial charge >= 0.3 is 0 Å². The van der Waals surface area contributed by atoms with E-state index in [4.69, 9.17) is 11.6 Å². The number of para-hydroxylation sites is 1. The highest BCUT2D eigenvalue weighted by molar-refractivity contribution is 6.33. The van der Waals surface area contributed by atoms with Crippen molar-refractivity contribution in [3.8, 4) is 0 Å². The fraction of sp³-hybridized carbons (Fsp3) is 0.538. The highest BCUT2D eigenvalue weighted by atomic mass is 35.5. The Morgan fingerprint density at radius 1 is 1.19 bits per heavy atom. The average Bonchev–Trinajstić information content (AvgIpc) is 2.31. The maximum atomic E-state index is 6.05. The molecule has 0 heterocycles. The second-order valence-electron chi connectivity index (χ2n) is 3.79. The van der Waals surface area contributed by atoms with Crippen LogP contribution < -0.4 is 5.32 Å². The molecule has 0 saturated heterocycles. The maximum Gasteiger partial charge on any atom is 0.0637 e. The molecule has 0 aromatic heterocycles. The van der Waals surface area contributed by atoms with E-state index in [0.29, 0.717) is 0 Å². The van der Waals surface area contributed by atoms with Gasteiger partial charge in [-0.05, 0) is 38.2 Å². The predicted molar refractivity (Wildman–Crippen MR) is 72.3 cm³/mol. The van der Waals surface area contributed by atoms with Crippen molar-refractivity contribution >= 4 is 17.3 Å². The predicted octanol–water partition coefficient (Wildman–Crippen LogP) is 3.48. The van der Waals surface area contributed by atoms with Crippen LogP contribution in [0.5, 0.6) is 0 Å². The van der Waals surface area contributed by atoms with Crippen LogP contribution in [0.15, 0.2) is 24.3 Å². The van der Waals surface area contributed by atoms with Crippen molar-refractivity contribution in [2.75, 3.05) is 31.5 Å². The molecule has 1 aromatic rings. The zero-order valence-electron chi connectivity index (χ0n) is 10.2. The largest absolute Gasteiger partial charge is 0.384 e. The Kier molecular flexibility index (Phi) is 6.27. The molecule has 0 atom stereocenters. The molecule has 0 aliphatic rings. The summed E-state index contributed by atoms with van der Waals surface area (Å²) in [4.78, 5) is 2.42. The SMILES string of the molecule is CCN(CC)CCCNc1ccccc1Cl. The van der Waals surface area contributed by atoms with Crippen molar-refractivity contribution in [3.05, 3.63) is 29.3 Å². The molecule has 0 unspecified atom stereocenters. The Bertz CT molecular complexity index is 298. The van der Waals surface area contributed by atoms with Crippen molar-refractivity contribution in [1.29, 1.82) is 0 Å². The second-order valence-corrected chi connectivity index (χ2v) is 4.19. The van der Waals surface area contributed by atoms with E-state index in [1.165, 1.54) is 0 Å². The summed E-state index contributed by atoms with van der Waals surface area (Å²) in [6, 6.07) is 7.87. The van der Waals surface area contributed by atoms with E-state index in [0.717, 1.165) is 43.3 Å². The summed E-state index contributed by atoms with van der Waals surface area (Å²) in [5.74, 6) is 0. The Labute approximate surface area is 104 Å². The van der Waals surface area contributed by atoms with Crippen LogP contribution in [0.25, 0.3) is 0 Å². The van der Waals surface area contributed by atoms with E-state index in [2.05, 4.69) is 24.1 Å². The van der Waals surface area contributed by atoms with Gasteiger partial charge in [-0.15, -0.1) is 0 Å². The summed E-state index contributed by atoms with van der Waals surface area (Å²) in [5, 5.41) is 4.15. The minimum atomic E-state index is 0.797. The number of nitrogens with zero attached hydrogens (tertiary/aromatic N) is 1. The number of hydrogen-bond acceptors (Lipinski definition) is 2. The summed E-state index contributed by atoms with van der Waals surface area (Å²) in [6.45, 7) is 8.77. The molecular formula is C13H21ClN2. The average molecular weight is 241 g/mol. The van der Waals surface area contributed by atoms with Crippen LogP contribution in [0.4, 0.5) is 5.69 Å². The summed E-state index contributed by atoms with van der Waals surface area (Å²) in [7, 11) is 0. The lowest BCUT2D eigenvalue weighted by Crippen LogP contribution is -2.25. The van der Waals surface area contributed by atoms with E-state index in [1.54, 1.807) is 0 Å². The van der Waals surface area contributed by atoms with E-state index in [1.807, 2.05) is 24.3 Å². The molecule has 0 saturated carbocycles. The van der Waals surface area contributed by atoms with Crippen LogP contribution in [0, 0.1) is 0 Å². The molecule has 0 radical (unpaired) electrons. The molecule has 1 N–H and O–H groups in total. The molecule has 1 aromatic carbocycles. The lowest BCUT2D eigenvalue weighted by atomic mass is 10.3. The first-order valence-electron chi connectivity index (χ1n) is 5.98. The Hall–Kier alpha value is -0.730. The van der Waals surface area contributed by atoms with E-state index in [-0.39, 0.29) is 0 Å². The van der Waals surface area contributed by atoms with Crippen LogP contribution in [0.3, 0.4) is 0 Å². The van der Waals surface area contributed by atoms with Gasteiger partial charge in [0.1, 0.15) is 0 Å². The lowest BCUT2D eigenvalue weighted by Gasteiger charge is -2.18. The fourth-order valence-electron chi connectivity index (χ4n) is 1.67. The van der Waals surface area contributed by atoms with Gasteiger partial charge in [0.25, 0.3) is 0 Å². The first kappa shape index (κ1) is 13.3. The zero-order valence-corrected chi connectivity index (χ0v) is 10.9. The van der Waals surface area contributed by atoms with Crippen molar-refractivity contribution in [3.63, 3.8) is 0 Å². The number of benzene rings is 1. The van der Waals surface area contributed by atoms with E-state index in [9.17, 15) is 0 Å². The highest BCUT2D eigenvalue weighted by Gasteiger charge is 1.99. The quantitative estimate of drug-likeness (QED) is 0.734. The monoisotopic (exact) mass is 240 g/mol. The molecule has 0 bridgehead atoms. The molecule has 90 valence electrons. The van der Waals surface area contributed by atoms with Gasteiger partial charge in [0.05, 0.1) is 10.7 Å². The first-order chi connectivity index (χ1) is 7.77. The first-order valence-corrected chi connectivity index (χ1v) is 6.36. The number of hydrogen-bond donors (Lipinski definition) is 1. The number of nitrogens with one attached hydrogen (secondary N) is 1. The molecule has 3 heteroatoms. The fourth-order valence-corrected chi connectivity index (χ4v) is 1.87. The topological polar surface area (TPSA) is 15.3 Å². The molecule has 1 rings (SSSR count). The van der Waals surface area contributed by atoms with Gasteiger partial charge in [0.2, 0.25) is 0 Å². The van der Waals surface area contributed by atoms with Gasteiger partial charge in [-0.25, -0.2) is 0 Å². The Balaban J connectivity index is 2.23. The van der Waals surface area contributed by atoms with Gasteiger partial charge < -0.3 is 10.2 Å². The minimum Gasteiger partial charge on any atom is -0.384 e. The van der Waals surface area contributed by atoms with E-state index < -0.39 is 0 Å². The molecule has 2 nitrogen and oxygen atoms in total. The smallest absolute Gasteiger partial charge is 0.0637 e. The lowest BCUT2D eigenvalue weighted by molar-refractivity contribution is 0.303. The van der Waals surface area contributed by atoms with Gasteiger partial charge in [-0.1, -0.05) is 37.6 Å². The third-order valence-corrected chi connectivity index (χ3v) is 3.06. The second kappa shape index (κ2) is 7.53. The number of halogens is 1. The third kappa shape index (κ3) is 4.42. The van der Waals surface area contributed by atoms with Gasteiger partial charge in [0, 0.05) is 6.54 Å². The number of rotatable bonds is 7. The van der Waals surface area contributed by atoms with Crippen LogP contribution in [0.1, 0.15) is 20.3 Å². The summed E-state index contributed by atoms with van der Waals surface area (Å²) in [5.41, 5.74) is 1.03. The number of anilines is 1. The molecule has 16 heavy (non-hydrogen) atoms. The van der Waals surface area contributed by atoms with Gasteiger partial charge in [0.15, 0.2) is 0 Å². The Morgan fingerprint density at radius 3 is 2.50 bits per heavy atom. The molecular weight excluding hydrogens is 220 g/mol. The van der Waals surface area contributed by atoms with Crippen LogP contribution >= 0.6 is 11.6 Å². The van der Waals surface area contributed by atoms with Crippen molar-refractivity contribution < 1.29 is 0 Å². The van der Waals surface area contributed by atoms with Crippen LogP contribution in [-0.2, 0) is 0 Å². The summed E-state index contributed by atoms with van der Waals surface area (Å²) in [6.07, 6.45) is 1.15. The molecule has 0 fully saturated rings. The maximum absolute atomic E-state index is 6.05. The summed E-state index contributed by atoms with van der Waals surface area (Å²) < 4.78 is 0. The van der Waals surface area contributed by atoms with Crippen LogP contribution in [0.2, 0.25) is 5.02 Å².